The van der Waals surface area contributed by atoms with Crippen molar-refractivity contribution in [1.29, 1.82) is 0 Å². The Morgan fingerprint density at radius 2 is 1.16 bits per heavy atom. The molecule has 1 aliphatic rings. The quantitative estimate of drug-likeness (QED) is 0.183. The third-order valence-corrected chi connectivity index (χ3v) is 13.8. The summed E-state index contributed by atoms with van der Waals surface area (Å²) in [5, 5.41) is 15.2. The molecule has 0 fully saturated rings. The second-order valence-corrected chi connectivity index (χ2v) is 16.9. The van der Waals surface area contributed by atoms with Crippen molar-refractivity contribution >= 4 is 90.7 Å². The van der Waals surface area contributed by atoms with Crippen molar-refractivity contribution in [3.05, 3.63) is 199 Å². The highest BCUT2D eigenvalue weighted by Gasteiger charge is 2.26. The highest BCUT2D eigenvalue weighted by atomic mass is 32.1. The fraction of sp³-hybridized carbons (Fsp3) is 0.0392. The van der Waals surface area contributed by atoms with Gasteiger partial charge in [0.2, 0.25) is 0 Å². The first kappa shape index (κ1) is 32.7. The van der Waals surface area contributed by atoms with E-state index in [1.165, 1.54) is 84.5 Å². The number of hydrogen-bond donors (Lipinski definition) is 2. The van der Waals surface area contributed by atoms with E-state index in [0.717, 1.165) is 17.0 Å². The number of benzene rings is 8. The zero-order valence-corrected chi connectivity index (χ0v) is 32.3. The van der Waals surface area contributed by atoms with E-state index in [2.05, 4.69) is 197 Å². The molecule has 0 saturated carbocycles. The first-order valence-electron chi connectivity index (χ1n) is 19.4. The molecule has 6 heteroatoms. The first-order valence-corrected chi connectivity index (χ1v) is 21.0. The van der Waals surface area contributed by atoms with Crippen molar-refractivity contribution in [3.8, 4) is 16.8 Å². The SMILES string of the molecule is c1ccc(C2N=C(c3ccc4sc5cccc(-c6cccc7c6sc6cc(-n8c9ccccc9c9ccccc98)ccc67)c5c4c3)NC(c3ccccc3)N2)cc1. The van der Waals surface area contributed by atoms with Gasteiger partial charge in [0.05, 0.1) is 11.0 Å². The Bertz CT molecular complexity index is 3320. The van der Waals surface area contributed by atoms with Crippen LogP contribution in [0.15, 0.2) is 187 Å². The molecule has 2 unspecified atom stereocenters. The number of aromatic nitrogens is 1. The zero-order chi connectivity index (χ0) is 37.5. The van der Waals surface area contributed by atoms with Crippen LogP contribution in [-0.4, -0.2) is 10.4 Å². The zero-order valence-electron chi connectivity index (χ0n) is 30.7. The Morgan fingerprint density at radius 3 is 1.95 bits per heavy atom. The molecule has 0 saturated heterocycles. The molecular weight excluding hydrogens is 733 g/mol. The normalized spacial score (nSPS) is 15.9. The molecule has 3 aromatic heterocycles. The molecule has 0 aliphatic carbocycles. The molecule has 1 aliphatic heterocycles. The molecule has 0 amide bonds. The van der Waals surface area contributed by atoms with E-state index >= 15 is 0 Å². The molecule has 11 aromatic rings. The van der Waals surface area contributed by atoms with Gasteiger partial charge in [0, 0.05) is 67.9 Å². The van der Waals surface area contributed by atoms with Crippen molar-refractivity contribution < 1.29 is 0 Å². The number of rotatable bonds is 5. The van der Waals surface area contributed by atoms with Gasteiger partial charge in [-0.15, -0.1) is 22.7 Å². The summed E-state index contributed by atoms with van der Waals surface area (Å²) in [7, 11) is 0. The van der Waals surface area contributed by atoms with Crippen molar-refractivity contribution in [1.82, 2.24) is 15.2 Å². The summed E-state index contributed by atoms with van der Waals surface area (Å²) < 4.78 is 7.58. The van der Waals surface area contributed by atoms with Gasteiger partial charge < -0.3 is 9.88 Å². The minimum absolute atomic E-state index is 0.0876. The van der Waals surface area contributed by atoms with Gasteiger partial charge in [-0.2, -0.15) is 0 Å². The molecule has 57 heavy (non-hydrogen) atoms. The van der Waals surface area contributed by atoms with Crippen LogP contribution < -0.4 is 10.6 Å². The summed E-state index contributed by atoms with van der Waals surface area (Å²) in [6, 6.07) is 66.0. The molecule has 2 N–H and O–H groups in total. The predicted octanol–water partition coefficient (Wildman–Crippen LogP) is 13.5. The maximum atomic E-state index is 5.27. The van der Waals surface area contributed by atoms with Crippen molar-refractivity contribution in [3.63, 3.8) is 0 Å². The van der Waals surface area contributed by atoms with Crippen LogP contribution in [0.25, 0.3) is 79.0 Å². The molecule has 0 spiro atoms. The van der Waals surface area contributed by atoms with Crippen LogP contribution in [-0.2, 0) is 0 Å². The van der Waals surface area contributed by atoms with E-state index in [9.17, 15) is 0 Å². The number of nitrogens with zero attached hydrogens (tertiary/aromatic N) is 2. The van der Waals surface area contributed by atoms with Gasteiger partial charge in [0.25, 0.3) is 0 Å². The highest BCUT2D eigenvalue weighted by Crippen LogP contribution is 2.46. The van der Waals surface area contributed by atoms with Gasteiger partial charge in [0.1, 0.15) is 18.2 Å². The predicted molar refractivity (Wildman–Crippen MR) is 243 cm³/mol. The maximum absolute atomic E-state index is 5.27. The van der Waals surface area contributed by atoms with Crippen LogP contribution in [0.2, 0.25) is 0 Å². The van der Waals surface area contributed by atoms with E-state index in [4.69, 9.17) is 4.99 Å². The van der Waals surface area contributed by atoms with E-state index < -0.39 is 0 Å². The first-order chi connectivity index (χ1) is 28.2. The molecule has 8 aromatic carbocycles. The lowest BCUT2D eigenvalue weighted by atomic mass is 9.97. The number of hydrogen-bond acceptors (Lipinski definition) is 5. The Morgan fingerprint density at radius 1 is 0.474 bits per heavy atom. The molecular formula is C51H34N4S2. The molecule has 270 valence electrons. The van der Waals surface area contributed by atoms with E-state index in [1.807, 2.05) is 22.7 Å². The van der Waals surface area contributed by atoms with Gasteiger partial charge in [0.15, 0.2) is 0 Å². The fourth-order valence-corrected chi connectivity index (χ4v) is 11.2. The summed E-state index contributed by atoms with van der Waals surface area (Å²) in [5.41, 5.74) is 9.57. The number of nitrogens with one attached hydrogen (secondary N) is 2. The summed E-state index contributed by atoms with van der Waals surface area (Å²) in [6.45, 7) is 0. The minimum Gasteiger partial charge on any atom is -0.350 e. The molecule has 4 heterocycles. The van der Waals surface area contributed by atoms with E-state index in [-0.39, 0.29) is 12.3 Å². The van der Waals surface area contributed by atoms with Crippen LogP contribution >= 0.6 is 22.7 Å². The summed E-state index contributed by atoms with van der Waals surface area (Å²) in [5.74, 6) is 0.890. The van der Waals surface area contributed by atoms with Crippen molar-refractivity contribution in [2.45, 2.75) is 12.3 Å². The molecule has 12 rings (SSSR count). The Labute approximate surface area is 337 Å². The van der Waals surface area contributed by atoms with Gasteiger partial charge in [-0.25, -0.2) is 4.99 Å². The van der Waals surface area contributed by atoms with E-state index in [0.29, 0.717) is 0 Å². The van der Waals surface area contributed by atoms with Crippen LogP contribution in [0.1, 0.15) is 29.0 Å². The van der Waals surface area contributed by atoms with Gasteiger partial charge >= 0.3 is 0 Å². The summed E-state index contributed by atoms with van der Waals surface area (Å²) in [4.78, 5) is 5.27. The second kappa shape index (κ2) is 13.0. The van der Waals surface area contributed by atoms with Crippen LogP contribution in [0, 0.1) is 0 Å². The largest absolute Gasteiger partial charge is 0.350 e. The van der Waals surface area contributed by atoms with Crippen molar-refractivity contribution in [2.75, 3.05) is 0 Å². The number of aliphatic imine (C=N–C) groups is 1. The van der Waals surface area contributed by atoms with E-state index in [1.54, 1.807) is 0 Å². The Kier molecular flexibility index (Phi) is 7.45. The topological polar surface area (TPSA) is 41.4 Å². The molecule has 4 nitrogen and oxygen atoms in total. The lowest BCUT2D eigenvalue weighted by Crippen LogP contribution is -2.44. The van der Waals surface area contributed by atoms with Crippen LogP contribution in [0.3, 0.4) is 0 Å². The lowest BCUT2D eigenvalue weighted by Gasteiger charge is -2.32. The smallest absolute Gasteiger partial charge is 0.131 e. The molecule has 0 bridgehead atoms. The minimum atomic E-state index is -0.181. The second-order valence-electron chi connectivity index (χ2n) is 14.8. The molecule has 0 radical (unpaired) electrons. The number of thiophene rings is 2. The van der Waals surface area contributed by atoms with Gasteiger partial charge in [-0.05, 0) is 65.2 Å². The van der Waals surface area contributed by atoms with Crippen molar-refractivity contribution in [2.24, 2.45) is 4.99 Å². The Balaban J connectivity index is 1.00. The average molecular weight is 767 g/mol. The molecule has 2 atom stereocenters. The number of para-hydroxylation sites is 2. The number of amidine groups is 1. The summed E-state index contributed by atoms with van der Waals surface area (Å²) >= 11 is 3.76. The fourth-order valence-electron chi connectivity index (χ4n) is 8.87. The third-order valence-electron chi connectivity index (χ3n) is 11.5. The Hall–Kier alpha value is -6.57. The lowest BCUT2D eigenvalue weighted by molar-refractivity contribution is 0.409. The van der Waals surface area contributed by atoms with Gasteiger partial charge in [-0.3, -0.25) is 5.32 Å². The average Bonchev–Trinajstić information content (AvgIpc) is 3.96. The standard InChI is InChI=1S/C51H34N4S2/c1-3-13-31(14-4-1)49-52-50(32-15-5-2-6-16-32)54-51(53-49)33-25-28-44-41(29-33)47-38(19-12-24-45(47)56-44)40-21-11-20-39-37-27-26-34(30-46(37)57-48(39)40)55-42-22-9-7-17-35(42)36-18-8-10-23-43(36)55/h1-30,49-50,52H,(H,53,54). The van der Waals surface area contributed by atoms with Crippen LogP contribution in [0.4, 0.5) is 0 Å². The highest BCUT2D eigenvalue weighted by molar-refractivity contribution is 7.27. The third kappa shape index (κ3) is 5.26. The summed E-state index contributed by atoms with van der Waals surface area (Å²) in [6.07, 6.45) is -0.269. The number of fused-ring (bicyclic) bond motifs is 9. The monoisotopic (exact) mass is 766 g/mol. The maximum Gasteiger partial charge on any atom is 0.131 e. The van der Waals surface area contributed by atoms with Gasteiger partial charge in [-0.1, -0.05) is 133 Å². The van der Waals surface area contributed by atoms with Crippen LogP contribution in [0.5, 0.6) is 0 Å².